The third-order valence-corrected chi connectivity index (χ3v) is 6.80. The van der Waals surface area contributed by atoms with Crippen molar-refractivity contribution in [3.05, 3.63) is 85.5 Å². The molecule has 1 atom stereocenters. The van der Waals surface area contributed by atoms with E-state index in [2.05, 4.69) is 18.7 Å². The van der Waals surface area contributed by atoms with Crippen LogP contribution in [0, 0.1) is 20.2 Å². The van der Waals surface area contributed by atoms with E-state index in [0.29, 0.717) is 18.5 Å². The second-order valence-electron chi connectivity index (χ2n) is 9.55. The van der Waals surface area contributed by atoms with Gasteiger partial charge in [0.05, 0.1) is 21.5 Å². The van der Waals surface area contributed by atoms with Crippen molar-refractivity contribution in [1.29, 1.82) is 0 Å². The summed E-state index contributed by atoms with van der Waals surface area (Å²) in [5.74, 6) is -2.33. The number of nitro benzene ring substituents is 2. The molecule has 0 spiro atoms. The Hall–Kier alpha value is -4.12. The fourth-order valence-corrected chi connectivity index (χ4v) is 4.75. The fourth-order valence-electron chi connectivity index (χ4n) is 4.75. The number of carbonyl (C=O) groups is 2. The minimum absolute atomic E-state index is 0.00272. The number of nitrogens with zero attached hydrogens (tertiary/aromatic N) is 4. The van der Waals surface area contributed by atoms with Gasteiger partial charge in [0.2, 0.25) is 0 Å². The molecule has 39 heavy (non-hydrogen) atoms. The van der Waals surface area contributed by atoms with E-state index in [4.69, 9.17) is 0 Å². The minimum Gasteiger partial charge on any atom is -0.507 e. The van der Waals surface area contributed by atoms with Crippen molar-refractivity contribution < 1.29 is 24.5 Å². The molecule has 11 nitrogen and oxygen atoms in total. The Balaban J connectivity index is 2.01. The lowest BCUT2D eigenvalue weighted by molar-refractivity contribution is -0.385. The molecule has 2 aromatic rings. The van der Waals surface area contributed by atoms with Crippen LogP contribution in [0.1, 0.15) is 63.1 Å². The molecule has 0 aliphatic carbocycles. The molecule has 1 saturated heterocycles. The molecule has 3 rings (SSSR count). The van der Waals surface area contributed by atoms with E-state index in [-0.39, 0.29) is 29.1 Å². The van der Waals surface area contributed by atoms with Gasteiger partial charge in [0.25, 0.3) is 23.1 Å². The van der Waals surface area contributed by atoms with E-state index in [1.165, 1.54) is 41.3 Å². The number of ketones is 1. The van der Waals surface area contributed by atoms with Crippen LogP contribution in [0.25, 0.3) is 5.76 Å². The van der Waals surface area contributed by atoms with Gasteiger partial charge in [-0.05, 0) is 44.5 Å². The second kappa shape index (κ2) is 13.6. The average molecular weight is 539 g/mol. The predicted molar refractivity (Wildman–Crippen MR) is 146 cm³/mol. The molecule has 0 saturated carbocycles. The quantitative estimate of drug-likeness (QED) is 0.113. The molecular formula is C28H34N4O7. The number of carbonyl (C=O) groups excluding carboxylic acids is 2. The van der Waals surface area contributed by atoms with Crippen LogP contribution in [0.5, 0.6) is 0 Å². The number of rotatable bonds is 14. The largest absolute Gasteiger partial charge is 0.507 e. The van der Waals surface area contributed by atoms with Crippen LogP contribution in [0.15, 0.2) is 54.1 Å². The number of hydrogen-bond donors (Lipinski definition) is 1. The monoisotopic (exact) mass is 538 g/mol. The molecule has 1 unspecified atom stereocenters. The number of aliphatic hydroxyl groups excluding tert-OH is 1. The van der Waals surface area contributed by atoms with Gasteiger partial charge in [-0.3, -0.25) is 29.8 Å². The smallest absolute Gasteiger partial charge is 0.295 e. The molecule has 0 radical (unpaired) electrons. The molecule has 0 aromatic heterocycles. The van der Waals surface area contributed by atoms with E-state index in [0.717, 1.165) is 44.8 Å². The first-order chi connectivity index (χ1) is 18.7. The van der Waals surface area contributed by atoms with E-state index >= 15 is 0 Å². The molecule has 2 aromatic carbocycles. The van der Waals surface area contributed by atoms with Crippen molar-refractivity contribution in [1.82, 2.24) is 9.80 Å². The lowest BCUT2D eigenvalue weighted by Gasteiger charge is -2.27. The molecule has 1 aliphatic heterocycles. The number of likely N-dealkylation sites (tertiary alicyclic amines) is 1. The number of Topliss-reactive ketones (excluding diaryl/α,β-unsaturated/α-hetero) is 1. The number of non-ortho nitro benzene ring substituents is 2. The fraction of sp³-hybridized carbons (Fsp3) is 0.429. The van der Waals surface area contributed by atoms with Crippen molar-refractivity contribution in [3.8, 4) is 0 Å². The Morgan fingerprint density at radius 2 is 1.46 bits per heavy atom. The van der Waals surface area contributed by atoms with Crippen LogP contribution in [0.4, 0.5) is 11.4 Å². The Kier molecular flexibility index (Phi) is 10.3. The van der Waals surface area contributed by atoms with Gasteiger partial charge in [-0.1, -0.05) is 51.0 Å². The minimum atomic E-state index is -1.08. The zero-order valence-corrected chi connectivity index (χ0v) is 22.2. The molecule has 0 bridgehead atoms. The van der Waals surface area contributed by atoms with Crippen molar-refractivity contribution in [2.24, 2.45) is 0 Å². The SMILES string of the molecule is CCCCN(CCCC)CCCN1C(=O)C(=O)/C(=C(\O)c2cccc([N+](=O)[O-])c2)C1c1cccc([N+](=O)[O-])c1. The Morgan fingerprint density at radius 1 is 0.897 bits per heavy atom. The van der Waals surface area contributed by atoms with Gasteiger partial charge in [0.15, 0.2) is 0 Å². The van der Waals surface area contributed by atoms with Gasteiger partial charge in [-0.2, -0.15) is 0 Å². The summed E-state index contributed by atoms with van der Waals surface area (Å²) in [6.45, 7) is 7.00. The van der Waals surface area contributed by atoms with Gasteiger partial charge in [-0.25, -0.2) is 0 Å². The lowest BCUT2D eigenvalue weighted by atomic mass is 9.95. The lowest BCUT2D eigenvalue weighted by Crippen LogP contribution is -2.34. The summed E-state index contributed by atoms with van der Waals surface area (Å²) >= 11 is 0. The molecule has 1 N–H and O–H groups in total. The summed E-state index contributed by atoms with van der Waals surface area (Å²) in [5, 5.41) is 33.9. The maximum Gasteiger partial charge on any atom is 0.295 e. The zero-order valence-electron chi connectivity index (χ0n) is 22.2. The highest BCUT2D eigenvalue weighted by Gasteiger charge is 2.46. The third-order valence-electron chi connectivity index (χ3n) is 6.80. The number of nitro groups is 2. The topological polar surface area (TPSA) is 147 Å². The highest BCUT2D eigenvalue weighted by atomic mass is 16.6. The van der Waals surface area contributed by atoms with Crippen molar-refractivity contribution in [3.63, 3.8) is 0 Å². The highest BCUT2D eigenvalue weighted by molar-refractivity contribution is 6.46. The summed E-state index contributed by atoms with van der Waals surface area (Å²) in [5.41, 5.74) is -0.472. The number of hydrogen-bond acceptors (Lipinski definition) is 8. The predicted octanol–water partition coefficient (Wildman–Crippen LogP) is 5.22. The molecule has 1 fully saturated rings. The number of benzene rings is 2. The number of amides is 1. The standard InChI is InChI=1S/C28H34N4O7/c1-3-5-14-29(15-6-4-2)16-9-17-30-25(20-10-7-12-22(18-20)31(36)37)24(27(34)28(30)35)26(33)21-11-8-13-23(19-21)32(38)39/h7-8,10-13,18-19,25,33H,3-6,9,14-17H2,1-2H3/b26-24-. The van der Waals surface area contributed by atoms with Crippen LogP contribution >= 0.6 is 0 Å². The van der Waals surface area contributed by atoms with E-state index in [9.17, 15) is 34.9 Å². The Bertz CT molecular complexity index is 1250. The van der Waals surface area contributed by atoms with E-state index in [1.807, 2.05) is 0 Å². The number of aliphatic hydroxyl groups is 1. The van der Waals surface area contributed by atoms with Crippen LogP contribution in [0.2, 0.25) is 0 Å². The van der Waals surface area contributed by atoms with Crippen LogP contribution in [-0.2, 0) is 9.59 Å². The summed E-state index contributed by atoms with van der Waals surface area (Å²) < 4.78 is 0. The van der Waals surface area contributed by atoms with Gasteiger partial charge in [-0.15, -0.1) is 0 Å². The molecule has 1 amide bonds. The Morgan fingerprint density at radius 3 is 2.05 bits per heavy atom. The van der Waals surface area contributed by atoms with Crippen LogP contribution < -0.4 is 0 Å². The molecular weight excluding hydrogens is 504 g/mol. The normalized spacial score (nSPS) is 16.7. The highest BCUT2D eigenvalue weighted by Crippen LogP contribution is 2.40. The molecule has 208 valence electrons. The van der Waals surface area contributed by atoms with Gasteiger partial charge in [0.1, 0.15) is 5.76 Å². The van der Waals surface area contributed by atoms with Crippen molar-refractivity contribution in [2.75, 3.05) is 26.2 Å². The molecule has 1 heterocycles. The first-order valence-corrected chi connectivity index (χ1v) is 13.2. The van der Waals surface area contributed by atoms with E-state index < -0.39 is 33.3 Å². The van der Waals surface area contributed by atoms with Crippen LogP contribution in [-0.4, -0.2) is 62.6 Å². The maximum absolute atomic E-state index is 13.2. The summed E-state index contributed by atoms with van der Waals surface area (Å²) in [4.78, 5) is 51.7. The zero-order chi connectivity index (χ0) is 28.5. The van der Waals surface area contributed by atoms with Crippen molar-refractivity contribution in [2.45, 2.75) is 52.0 Å². The van der Waals surface area contributed by atoms with Gasteiger partial charge >= 0.3 is 0 Å². The third kappa shape index (κ3) is 7.05. The van der Waals surface area contributed by atoms with E-state index in [1.54, 1.807) is 6.07 Å². The first kappa shape index (κ1) is 29.4. The van der Waals surface area contributed by atoms with Crippen molar-refractivity contribution >= 4 is 28.8 Å². The summed E-state index contributed by atoms with van der Waals surface area (Å²) in [6, 6.07) is 9.65. The number of unbranched alkanes of at least 4 members (excludes halogenated alkanes) is 2. The van der Waals surface area contributed by atoms with Crippen LogP contribution in [0.3, 0.4) is 0 Å². The second-order valence-corrected chi connectivity index (χ2v) is 9.55. The van der Waals surface area contributed by atoms with Gasteiger partial charge in [0, 0.05) is 36.4 Å². The molecule has 11 heteroatoms. The summed E-state index contributed by atoms with van der Waals surface area (Å²) in [7, 11) is 0. The first-order valence-electron chi connectivity index (χ1n) is 13.2. The summed E-state index contributed by atoms with van der Waals surface area (Å²) in [6.07, 6.45) is 4.77. The maximum atomic E-state index is 13.2. The average Bonchev–Trinajstić information content (AvgIpc) is 3.18. The molecule has 1 aliphatic rings. The Labute approximate surface area is 227 Å². The van der Waals surface area contributed by atoms with Gasteiger partial charge < -0.3 is 14.9 Å².